The molecule has 0 saturated carbocycles. The second-order valence-corrected chi connectivity index (χ2v) is 4.82. The zero-order valence-electron chi connectivity index (χ0n) is 11.0. The van der Waals surface area contributed by atoms with E-state index in [4.69, 9.17) is 4.42 Å². The van der Waals surface area contributed by atoms with Gasteiger partial charge in [-0.15, -0.1) is 0 Å². The first-order chi connectivity index (χ1) is 9.63. The number of aromatic nitrogens is 3. The van der Waals surface area contributed by atoms with Crippen LogP contribution in [0.1, 0.15) is 30.9 Å². The predicted molar refractivity (Wildman–Crippen MR) is 72.3 cm³/mol. The molecule has 0 atom stereocenters. The van der Waals surface area contributed by atoms with Gasteiger partial charge >= 0.3 is 0 Å². The first-order valence-corrected chi connectivity index (χ1v) is 6.19. The Balaban J connectivity index is 2.38. The molecule has 20 heavy (non-hydrogen) atoms. The van der Waals surface area contributed by atoms with Crippen molar-refractivity contribution in [2.24, 2.45) is 0 Å². The number of nitrogens with one attached hydrogen (secondary N) is 1. The van der Waals surface area contributed by atoms with Gasteiger partial charge in [-0.05, 0) is 12.0 Å². The largest absolute Gasteiger partial charge is 0.472 e. The number of H-pyrrole nitrogens is 1. The summed E-state index contributed by atoms with van der Waals surface area (Å²) in [4.78, 5) is 16.6. The molecule has 100 valence electrons. The SMILES string of the molecule is CC(C)c1cnc2c(C#N)c(-c3ccoc3)[nH]n2c1=O. The lowest BCUT2D eigenvalue weighted by molar-refractivity contribution is 0.568. The van der Waals surface area contributed by atoms with Gasteiger partial charge < -0.3 is 4.42 Å². The Labute approximate surface area is 114 Å². The smallest absolute Gasteiger partial charge is 0.276 e. The van der Waals surface area contributed by atoms with Crippen LogP contribution in [-0.4, -0.2) is 14.6 Å². The molecule has 0 bridgehead atoms. The first-order valence-electron chi connectivity index (χ1n) is 6.19. The van der Waals surface area contributed by atoms with Crippen molar-refractivity contribution in [3.8, 4) is 17.3 Å². The lowest BCUT2D eigenvalue weighted by Gasteiger charge is -2.03. The van der Waals surface area contributed by atoms with Gasteiger partial charge in [-0.3, -0.25) is 9.89 Å². The number of nitrogens with zero attached hydrogens (tertiary/aromatic N) is 3. The topological polar surface area (TPSA) is 87.1 Å². The summed E-state index contributed by atoms with van der Waals surface area (Å²) in [5, 5.41) is 12.3. The Bertz CT molecular complexity index is 863. The van der Waals surface area contributed by atoms with Gasteiger partial charge in [0.2, 0.25) is 0 Å². The highest BCUT2D eigenvalue weighted by atomic mass is 16.3. The fourth-order valence-electron chi connectivity index (χ4n) is 2.15. The molecule has 0 aromatic carbocycles. The molecule has 0 aliphatic rings. The molecule has 0 aliphatic carbocycles. The van der Waals surface area contributed by atoms with Gasteiger partial charge in [0.15, 0.2) is 5.65 Å². The molecule has 0 aliphatic heterocycles. The Morgan fingerprint density at radius 1 is 1.50 bits per heavy atom. The molecular weight excluding hydrogens is 256 g/mol. The van der Waals surface area contributed by atoms with Crippen molar-refractivity contribution in [2.75, 3.05) is 0 Å². The summed E-state index contributed by atoms with van der Waals surface area (Å²) < 4.78 is 6.34. The van der Waals surface area contributed by atoms with Crippen LogP contribution in [-0.2, 0) is 0 Å². The van der Waals surface area contributed by atoms with E-state index in [0.717, 1.165) is 0 Å². The van der Waals surface area contributed by atoms with Crippen LogP contribution in [0.15, 0.2) is 34.0 Å². The van der Waals surface area contributed by atoms with Crippen LogP contribution >= 0.6 is 0 Å². The standard InChI is InChI=1S/C14H12N4O2/c1-8(2)11-6-16-13-10(5-15)12(9-3-4-20-7-9)17-18(13)14(11)19/h3-4,6-8,17H,1-2H3. The summed E-state index contributed by atoms with van der Waals surface area (Å²) in [6, 6.07) is 3.81. The zero-order chi connectivity index (χ0) is 14.3. The fourth-order valence-corrected chi connectivity index (χ4v) is 2.15. The second-order valence-electron chi connectivity index (χ2n) is 4.82. The van der Waals surface area contributed by atoms with E-state index in [1.54, 1.807) is 6.07 Å². The second kappa shape index (κ2) is 4.38. The van der Waals surface area contributed by atoms with E-state index in [2.05, 4.69) is 16.2 Å². The Hall–Kier alpha value is -2.81. The summed E-state index contributed by atoms with van der Waals surface area (Å²) in [5.41, 5.74) is 2.32. The summed E-state index contributed by atoms with van der Waals surface area (Å²) in [6.07, 6.45) is 4.56. The van der Waals surface area contributed by atoms with E-state index >= 15 is 0 Å². The van der Waals surface area contributed by atoms with Crippen LogP contribution < -0.4 is 5.56 Å². The molecular formula is C14H12N4O2. The molecule has 3 rings (SSSR count). The molecule has 3 aromatic rings. The summed E-state index contributed by atoms with van der Waals surface area (Å²) in [7, 11) is 0. The Kier molecular flexibility index (Phi) is 2.68. The molecule has 6 nitrogen and oxygen atoms in total. The number of nitriles is 1. The molecule has 3 aromatic heterocycles. The minimum Gasteiger partial charge on any atom is -0.472 e. The summed E-state index contributed by atoms with van der Waals surface area (Å²) in [5.74, 6) is 0.0677. The van der Waals surface area contributed by atoms with Crippen LogP contribution in [0.3, 0.4) is 0 Å². The van der Waals surface area contributed by atoms with E-state index in [1.807, 2.05) is 13.8 Å². The minimum absolute atomic E-state index is 0.0677. The van der Waals surface area contributed by atoms with Crippen molar-refractivity contribution in [2.45, 2.75) is 19.8 Å². The van der Waals surface area contributed by atoms with Crippen molar-refractivity contribution >= 4 is 5.65 Å². The van der Waals surface area contributed by atoms with E-state index in [0.29, 0.717) is 28.0 Å². The van der Waals surface area contributed by atoms with Gasteiger partial charge in [0, 0.05) is 17.3 Å². The molecule has 1 N–H and O–H groups in total. The Morgan fingerprint density at radius 2 is 2.30 bits per heavy atom. The highest BCUT2D eigenvalue weighted by molar-refractivity contribution is 5.74. The number of furan rings is 1. The number of hydrogen-bond donors (Lipinski definition) is 1. The monoisotopic (exact) mass is 268 g/mol. The van der Waals surface area contributed by atoms with E-state index in [1.165, 1.54) is 23.2 Å². The highest BCUT2D eigenvalue weighted by Crippen LogP contribution is 2.24. The molecule has 0 unspecified atom stereocenters. The predicted octanol–water partition coefficient (Wildman–Crippen LogP) is 2.28. The van der Waals surface area contributed by atoms with Crippen molar-refractivity contribution in [3.63, 3.8) is 0 Å². The third-order valence-corrected chi connectivity index (χ3v) is 3.23. The maximum absolute atomic E-state index is 12.4. The van der Waals surface area contributed by atoms with Crippen molar-refractivity contribution in [1.29, 1.82) is 5.26 Å². The fraction of sp³-hybridized carbons (Fsp3) is 0.214. The molecule has 0 spiro atoms. The van der Waals surface area contributed by atoms with Crippen molar-refractivity contribution in [3.05, 3.63) is 46.3 Å². The van der Waals surface area contributed by atoms with Gasteiger partial charge in [-0.1, -0.05) is 13.8 Å². The lowest BCUT2D eigenvalue weighted by atomic mass is 10.1. The average Bonchev–Trinajstić information content (AvgIpc) is 3.05. The van der Waals surface area contributed by atoms with E-state index in [9.17, 15) is 10.1 Å². The van der Waals surface area contributed by atoms with Gasteiger partial charge in [0.05, 0.1) is 18.2 Å². The molecule has 6 heteroatoms. The summed E-state index contributed by atoms with van der Waals surface area (Å²) >= 11 is 0. The average molecular weight is 268 g/mol. The van der Waals surface area contributed by atoms with Crippen LogP contribution in [0.25, 0.3) is 16.9 Å². The molecule has 0 radical (unpaired) electrons. The quantitative estimate of drug-likeness (QED) is 0.772. The van der Waals surface area contributed by atoms with Crippen LogP contribution in [0, 0.1) is 11.3 Å². The van der Waals surface area contributed by atoms with E-state index in [-0.39, 0.29) is 11.5 Å². The Morgan fingerprint density at radius 3 is 2.90 bits per heavy atom. The maximum Gasteiger partial charge on any atom is 0.276 e. The molecule has 0 fully saturated rings. The van der Waals surface area contributed by atoms with Crippen molar-refractivity contribution < 1.29 is 4.42 Å². The van der Waals surface area contributed by atoms with Gasteiger partial charge in [-0.25, -0.2) is 4.98 Å². The minimum atomic E-state index is -0.184. The van der Waals surface area contributed by atoms with Gasteiger partial charge in [0.25, 0.3) is 5.56 Å². The van der Waals surface area contributed by atoms with Crippen LogP contribution in [0.5, 0.6) is 0 Å². The molecule has 0 saturated heterocycles. The third kappa shape index (κ3) is 1.64. The van der Waals surface area contributed by atoms with Crippen LogP contribution in [0.4, 0.5) is 0 Å². The number of hydrogen-bond acceptors (Lipinski definition) is 4. The number of aromatic amines is 1. The normalized spacial score (nSPS) is 11.1. The maximum atomic E-state index is 12.4. The molecule has 3 heterocycles. The van der Waals surface area contributed by atoms with Crippen LogP contribution in [0.2, 0.25) is 0 Å². The zero-order valence-corrected chi connectivity index (χ0v) is 11.0. The van der Waals surface area contributed by atoms with Gasteiger partial charge in [0.1, 0.15) is 11.6 Å². The lowest BCUT2D eigenvalue weighted by Crippen LogP contribution is -2.20. The van der Waals surface area contributed by atoms with Crippen molar-refractivity contribution in [1.82, 2.24) is 14.6 Å². The third-order valence-electron chi connectivity index (χ3n) is 3.23. The number of fused-ring (bicyclic) bond motifs is 1. The van der Waals surface area contributed by atoms with Gasteiger partial charge in [-0.2, -0.15) is 9.78 Å². The highest BCUT2D eigenvalue weighted by Gasteiger charge is 2.18. The first kappa shape index (κ1) is 12.2. The van der Waals surface area contributed by atoms with E-state index < -0.39 is 0 Å². The number of rotatable bonds is 2. The summed E-state index contributed by atoms with van der Waals surface area (Å²) in [6.45, 7) is 3.85. The molecule has 0 amide bonds.